The zero-order chi connectivity index (χ0) is 16.1. The van der Waals surface area contributed by atoms with Crippen molar-refractivity contribution < 1.29 is 19.0 Å². The van der Waals surface area contributed by atoms with E-state index in [0.29, 0.717) is 24.5 Å². The molecule has 0 fully saturated rings. The molecule has 0 bridgehead atoms. The molecule has 0 aliphatic carbocycles. The molecular formula is C20H14O4. The van der Waals surface area contributed by atoms with Gasteiger partial charge < -0.3 is 19.0 Å². The van der Waals surface area contributed by atoms with Crippen molar-refractivity contribution in [1.29, 1.82) is 0 Å². The molecule has 2 aromatic carbocycles. The highest BCUT2D eigenvalue weighted by molar-refractivity contribution is 5.93. The summed E-state index contributed by atoms with van der Waals surface area (Å²) in [5.41, 5.74) is 4.14. The van der Waals surface area contributed by atoms with Crippen LogP contribution < -0.4 is 9.47 Å². The highest BCUT2D eigenvalue weighted by atomic mass is 16.5. The largest absolute Gasteiger partial charge is 0.507 e. The van der Waals surface area contributed by atoms with E-state index in [2.05, 4.69) is 0 Å². The summed E-state index contributed by atoms with van der Waals surface area (Å²) < 4.78 is 17.5. The van der Waals surface area contributed by atoms with E-state index in [1.807, 2.05) is 48.5 Å². The third kappa shape index (κ3) is 1.80. The Labute approximate surface area is 138 Å². The van der Waals surface area contributed by atoms with Crippen LogP contribution in [-0.2, 0) is 6.61 Å². The van der Waals surface area contributed by atoms with Crippen molar-refractivity contribution >= 4 is 11.3 Å². The molecule has 1 aromatic heterocycles. The van der Waals surface area contributed by atoms with Crippen LogP contribution in [-0.4, -0.2) is 11.7 Å². The summed E-state index contributed by atoms with van der Waals surface area (Å²) in [6, 6.07) is 15.3. The summed E-state index contributed by atoms with van der Waals surface area (Å²) in [5, 5.41) is 10.7. The topological polar surface area (TPSA) is 51.8 Å². The van der Waals surface area contributed by atoms with E-state index >= 15 is 0 Å². The predicted octanol–water partition coefficient (Wildman–Crippen LogP) is 4.66. The van der Waals surface area contributed by atoms with Gasteiger partial charge in [0.1, 0.15) is 36.2 Å². The number of rotatable bonds is 1. The minimum Gasteiger partial charge on any atom is -0.507 e. The number of fused-ring (bicyclic) bond motifs is 4. The predicted molar refractivity (Wildman–Crippen MR) is 89.9 cm³/mol. The maximum atomic E-state index is 10.7. The van der Waals surface area contributed by atoms with Crippen molar-refractivity contribution in [2.75, 3.05) is 6.61 Å². The molecule has 0 saturated carbocycles. The van der Waals surface area contributed by atoms with Gasteiger partial charge in [-0.1, -0.05) is 24.3 Å². The van der Waals surface area contributed by atoms with Gasteiger partial charge >= 0.3 is 0 Å². The maximum Gasteiger partial charge on any atom is 0.144 e. The molecule has 3 aromatic rings. The third-order valence-corrected chi connectivity index (χ3v) is 4.52. The normalized spacial score (nSPS) is 15.0. The van der Waals surface area contributed by atoms with Crippen LogP contribution in [0, 0.1) is 0 Å². The van der Waals surface area contributed by atoms with Crippen LogP contribution in [0.2, 0.25) is 0 Å². The van der Waals surface area contributed by atoms with Gasteiger partial charge in [-0.3, -0.25) is 0 Å². The first-order valence-electron chi connectivity index (χ1n) is 7.80. The van der Waals surface area contributed by atoms with Crippen LogP contribution in [0.3, 0.4) is 0 Å². The number of aliphatic hydroxyl groups is 1. The SMILES string of the molecule is OC1=C(c2coc3c2COc2ccccc2-3)COc2ccccc21. The Morgan fingerprint density at radius 2 is 1.42 bits per heavy atom. The molecule has 3 heterocycles. The highest BCUT2D eigenvalue weighted by Crippen LogP contribution is 2.44. The van der Waals surface area contributed by atoms with E-state index in [9.17, 15) is 5.11 Å². The Morgan fingerprint density at radius 3 is 2.25 bits per heavy atom. The Kier molecular flexibility index (Phi) is 2.73. The van der Waals surface area contributed by atoms with Crippen molar-refractivity contribution in [2.45, 2.75) is 6.61 Å². The molecule has 0 amide bonds. The number of aliphatic hydroxyl groups excluding tert-OH is 1. The van der Waals surface area contributed by atoms with Crippen LogP contribution in [0.4, 0.5) is 0 Å². The second kappa shape index (κ2) is 4.93. The van der Waals surface area contributed by atoms with Crippen molar-refractivity contribution in [2.24, 2.45) is 0 Å². The van der Waals surface area contributed by atoms with E-state index in [0.717, 1.165) is 33.8 Å². The van der Waals surface area contributed by atoms with Crippen molar-refractivity contribution in [1.82, 2.24) is 0 Å². The van der Waals surface area contributed by atoms with E-state index < -0.39 is 0 Å². The average molecular weight is 318 g/mol. The number of benzene rings is 2. The van der Waals surface area contributed by atoms with Gasteiger partial charge in [0, 0.05) is 16.7 Å². The molecule has 118 valence electrons. The smallest absolute Gasteiger partial charge is 0.144 e. The molecule has 0 unspecified atom stereocenters. The third-order valence-electron chi connectivity index (χ3n) is 4.52. The Hall–Kier alpha value is -3.14. The summed E-state index contributed by atoms with van der Waals surface area (Å²) in [6.45, 7) is 0.715. The van der Waals surface area contributed by atoms with Crippen LogP contribution in [0.5, 0.6) is 11.5 Å². The number of hydrogen-bond acceptors (Lipinski definition) is 4. The molecule has 2 aliphatic heterocycles. The van der Waals surface area contributed by atoms with E-state index in [-0.39, 0.29) is 5.76 Å². The van der Waals surface area contributed by atoms with Gasteiger partial charge in [0.05, 0.1) is 17.4 Å². The van der Waals surface area contributed by atoms with E-state index in [1.165, 1.54) is 0 Å². The number of furan rings is 1. The molecule has 5 rings (SSSR count). The summed E-state index contributed by atoms with van der Waals surface area (Å²) in [7, 11) is 0. The van der Waals surface area contributed by atoms with E-state index in [4.69, 9.17) is 13.9 Å². The Balaban J connectivity index is 1.67. The molecule has 4 nitrogen and oxygen atoms in total. The number of hydrogen-bond donors (Lipinski definition) is 1. The lowest BCUT2D eigenvalue weighted by Crippen LogP contribution is -2.12. The fourth-order valence-electron chi connectivity index (χ4n) is 3.31. The van der Waals surface area contributed by atoms with Crippen molar-refractivity contribution in [3.8, 4) is 22.8 Å². The lowest BCUT2D eigenvalue weighted by molar-refractivity contribution is 0.298. The molecular weight excluding hydrogens is 304 g/mol. The van der Waals surface area contributed by atoms with Gasteiger partial charge in [0.2, 0.25) is 0 Å². The molecule has 4 heteroatoms. The summed E-state index contributed by atoms with van der Waals surface area (Å²) in [5.74, 6) is 2.54. The van der Waals surface area contributed by atoms with E-state index in [1.54, 1.807) is 6.26 Å². The van der Waals surface area contributed by atoms with Gasteiger partial charge in [-0.15, -0.1) is 0 Å². The summed E-state index contributed by atoms with van der Waals surface area (Å²) >= 11 is 0. The van der Waals surface area contributed by atoms with Crippen molar-refractivity contribution in [3.05, 3.63) is 71.5 Å². The maximum absolute atomic E-state index is 10.7. The highest BCUT2D eigenvalue weighted by Gasteiger charge is 2.29. The molecule has 0 spiro atoms. The zero-order valence-corrected chi connectivity index (χ0v) is 12.8. The van der Waals surface area contributed by atoms with Gasteiger partial charge in [0.25, 0.3) is 0 Å². The second-order valence-corrected chi connectivity index (χ2v) is 5.85. The molecule has 0 saturated heterocycles. The van der Waals surface area contributed by atoms with Crippen LogP contribution >= 0.6 is 0 Å². The second-order valence-electron chi connectivity index (χ2n) is 5.85. The standard InChI is InChI=1S/C20H14O4/c21-19-12-5-1-3-7-17(12)22-10-15(19)14-9-24-20-13-6-2-4-8-18(13)23-11-16(14)20/h1-9,21H,10-11H2. The molecule has 1 N–H and O–H groups in total. The molecule has 2 aliphatic rings. The summed E-state index contributed by atoms with van der Waals surface area (Å²) in [4.78, 5) is 0. The number of ether oxygens (including phenoxy) is 2. The van der Waals surface area contributed by atoms with Crippen LogP contribution in [0.1, 0.15) is 16.7 Å². The Bertz CT molecular complexity index is 981. The quantitative estimate of drug-likeness (QED) is 0.709. The van der Waals surface area contributed by atoms with Gasteiger partial charge in [-0.25, -0.2) is 0 Å². The Morgan fingerprint density at radius 1 is 0.750 bits per heavy atom. The average Bonchev–Trinajstić information content (AvgIpc) is 3.07. The monoisotopic (exact) mass is 318 g/mol. The van der Waals surface area contributed by atoms with Crippen LogP contribution in [0.15, 0.2) is 59.2 Å². The van der Waals surface area contributed by atoms with Crippen LogP contribution in [0.25, 0.3) is 22.7 Å². The first-order valence-corrected chi connectivity index (χ1v) is 7.80. The molecule has 24 heavy (non-hydrogen) atoms. The van der Waals surface area contributed by atoms with Gasteiger partial charge in [0.15, 0.2) is 0 Å². The first-order chi connectivity index (χ1) is 11.8. The molecule has 0 radical (unpaired) electrons. The van der Waals surface area contributed by atoms with Gasteiger partial charge in [-0.05, 0) is 24.3 Å². The summed E-state index contributed by atoms with van der Waals surface area (Å²) in [6.07, 6.45) is 1.68. The lowest BCUT2D eigenvalue weighted by atomic mass is 9.95. The minimum absolute atomic E-state index is 0.235. The fraction of sp³-hybridized carbons (Fsp3) is 0.100. The number of para-hydroxylation sites is 2. The fourth-order valence-corrected chi connectivity index (χ4v) is 3.31. The van der Waals surface area contributed by atoms with Crippen molar-refractivity contribution in [3.63, 3.8) is 0 Å². The zero-order valence-electron chi connectivity index (χ0n) is 12.8. The first kappa shape index (κ1) is 13.3. The minimum atomic E-state index is 0.235. The van der Waals surface area contributed by atoms with Gasteiger partial charge in [-0.2, -0.15) is 0 Å². The molecule has 0 atom stereocenters. The lowest BCUT2D eigenvalue weighted by Gasteiger charge is -2.22.